The summed E-state index contributed by atoms with van der Waals surface area (Å²) in [4.78, 5) is 11.8. The standard InChI is InChI=1S/C17H17ClFNO2/c1-11(2)12-4-3-5-14(8-12)22-10-17(21)20-13-6-7-16(19)15(18)9-13/h3-9,11H,10H2,1-2H3,(H,20,21). The van der Waals surface area contributed by atoms with Crippen LogP contribution in [0.3, 0.4) is 0 Å². The highest BCUT2D eigenvalue weighted by atomic mass is 35.5. The first-order chi connectivity index (χ1) is 10.5. The van der Waals surface area contributed by atoms with Crippen LogP contribution in [-0.4, -0.2) is 12.5 Å². The monoisotopic (exact) mass is 321 g/mol. The smallest absolute Gasteiger partial charge is 0.262 e. The van der Waals surface area contributed by atoms with E-state index in [1.165, 1.54) is 18.2 Å². The van der Waals surface area contributed by atoms with Crippen molar-refractivity contribution in [3.63, 3.8) is 0 Å². The Labute approximate surface area is 134 Å². The van der Waals surface area contributed by atoms with Gasteiger partial charge in [0.15, 0.2) is 6.61 Å². The zero-order chi connectivity index (χ0) is 16.1. The molecule has 0 atom stereocenters. The van der Waals surface area contributed by atoms with Gasteiger partial charge in [-0.3, -0.25) is 4.79 Å². The Morgan fingerprint density at radius 3 is 2.73 bits per heavy atom. The average Bonchev–Trinajstić information content (AvgIpc) is 2.49. The van der Waals surface area contributed by atoms with E-state index in [-0.39, 0.29) is 17.5 Å². The van der Waals surface area contributed by atoms with Gasteiger partial charge in [-0.25, -0.2) is 4.39 Å². The molecule has 0 fully saturated rings. The Morgan fingerprint density at radius 2 is 2.05 bits per heavy atom. The summed E-state index contributed by atoms with van der Waals surface area (Å²) in [7, 11) is 0. The normalized spacial score (nSPS) is 10.6. The zero-order valence-electron chi connectivity index (χ0n) is 12.4. The number of hydrogen-bond acceptors (Lipinski definition) is 2. The van der Waals surface area contributed by atoms with Crippen LogP contribution in [-0.2, 0) is 4.79 Å². The highest BCUT2D eigenvalue weighted by Gasteiger charge is 2.07. The topological polar surface area (TPSA) is 38.3 Å². The number of halogens is 2. The van der Waals surface area contributed by atoms with Gasteiger partial charge >= 0.3 is 0 Å². The molecule has 1 amide bonds. The zero-order valence-corrected chi connectivity index (χ0v) is 13.2. The predicted octanol–water partition coefficient (Wildman–Crippen LogP) is 4.62. The maximum atomic E-state index is 13.0. The first kappa shape index (κ1) is 16.3. The van der Waals surface area contributed by atoms with Gasteiger partial charge in [-0.1, -0.05) is 37.6 Å². The molecule has 2 aromatic carbocycles. The Bertz CT molecular complexity index is 673. The fourth-order valence-corrected chi connectivity index (χ4v) is 2.06. The molecule has 2 aromatic rings. The summed E-state index contributed by atoms with van der Waals surface area (Å²) in [6.07, 6.45) is 0. The minimum Gasteiger partial charge on any atom is -0.484 e. The number of carbonyl (C=O) groups excluding carboxylic acids is 1. The van der Waals surface area contributed by atoms with Crippen LogP contribution in [0.1, 0.15) is 25.3 Å². The SMILES string of the molecule is CC(C)c1cccc(OCC(=O)Nc2ccc(F)c(Cl)c2)c1. The number of anilines is 1. The Hall–Kier alpha value is -2.07. The number of hydrogen-bond donors (Lipinski definition) is 1. The second kappa shape index (κ2) is 7.27. The molecule has 0 spiro atoms. The molecular weight excluding hydrogens is 305 g/mol. The molecule has 0 unspecified atom stereocenters. The second-order valence-electron chi connectivity index (χ2n) is 5.19. The van der Waals surface area contributed by atoms with Gasteiger partial charge in [0.1, 0.15) is 11.6 Å². The molecule has 5 heteroatoms. The molecule has 0 saturated carbocycles. The molecule has 0 aliphatic heterocycles. The van der Waals surface area contributed by atoms with Crippen molar-refractivity contribution in [1.29, 1.82) is 0 Å². The molecule has 0 saturated heterocycles. The molecule has 22 heavy (non-hydrogen) atoms. The lowest BCUT2D eigenvalue weighted by Crippen LogP contribution is -2.20. The lowest BCUT2D eigenvalue weighted by molar-refractivity contribution is -0.118. The minimum absolute atomic E-state index is 0.0386. The van der Waals surface area contributed by atoms with Gasteiger partial charge in [0.2, 0.25) is 0 Å². The summed E-state index contributed by atoms with van der Waals surface area (Å²) in [5, 5.41) is 2.56. The van der Waals surface area contributed by atoms with E-state index in [1.807, 2.05) is 18.2 Å². The molecule has 0 aliphatic rings. The van der Waals surface area contributed by atoms with E-state index in [1.54, 1.807) is 6.07 Å². The molecule has 0 heterocycles. The number of benzene rings is 2. The predicted molar refractivity (Wildman–Crippen MR) is 86.1 cm³/mol. The molecule has 116 valence electrons. The Balaban J connectivity index is 1.92. The molecule has 0 bridgehead atoms. The highest BCUT2D eigenvalue weighted by molar-refractivity contribution is 6.31. The molecule has 0 aromatic heterocycles. The fraction of sp³-hybridized carbons (Fsp3) is 0.235. The Morgan fingerprint density at radius 1 is 1.27 bits per heavy atom. The molecule has 0 aliphatic carbocycles. The third kappa shape index (κ3) is 4.46. The lowest BCUT2D eigenvalue weighted by Gasteiger charge is -2.10. The van der Waals surface area contributed by atoms with Gasteiger partial charge in [0, 0.05) is 5.69 Å². The summed E-state index contributed by atoms with van der Waals surface area (Å²) in [5.74, 6) is 0.163. The van der Waals surface area contributed by atoms with Crippen molar-refractivity contribution in [2.75, 3.05) is 11.9 Å². The van der Waals surface area contributed by atoms with Gasteiger partial charge in [-0.15, -0.1) is 0 Å². The van der Waals surface area contributed by atoms with E-state index in [2.05, 4.69) is 19.2 Å². The van der Waals surface area contributed by atoms with E-state index >= 15 is 0 Å². The maximum absolute atomic E-state index is 13.0. The quantitative estimate of drug-likeness (QED) is 0.872. The summed E-state index contributed by atoms with van der Waals surface area (Å²) in [6.45, 7) is 4.05. The second-order valence-corrected chi connectivity index (χ2v) is 5.60. The van der Waals surface area contributed by atoms with Crippen molar-refractivity contribution in [1.82, 2.24) is 0 Å². The molecule has 0 radical (unpaired) electrons. The van der Waals surface area contributed by atoms with E-state index < -0.39 is 5.82 Å². The van der Waals surface area contributed by atoms with Crippen molar-refractivity contribution in [2.45, 2.75) is 19.8 Å². The van der Waals surface area contributed by atoms with Crippen molar-refractivity contribution in [3.8, 4) is 5.75 Å². The van der Waals surface area contributed by atoms with E-state index in [9.17, 15) is 9.18 Å². The first-order valence-corrected chi connectivity index (χ1v) is 7.31. The number of carbonyl (C=O) groups is 1. The summed E-state index contributed by atoms with van der Waals surface area (Å²) < 4.78 is 18.5. The summed E-state index contributed by atoms with van der Waals surface area (Å²) in [6, 6.07) is 11.6. The summed E-state index contributed by atoms with van der Waals surface area (Å²) in [5.41, 5.74) is 1.57. The lowest BCUT2D eigenvalue weighted by atomic mass is 10.0. The van der Waals surface area contributed by atoms with Crippen molar-refractivity contribution in [3.05, 3.63) is 58.9 Å². The van der Waals surface area contributed by atoms with Gasteiger partial charge in [-0.2, -0.15) is 0 Å². The number of amides is 1. The average molecular weight is 322 g/mol. The minimum atomic E-state index is -0.526. The summed E-state index contributed by atoms with van der Waals surface area (Å²) >= 11 is 5.66. The molecular formula is C17H17ClFNO2. The van der Waals surface area contributed by atoms with E-state index in [0.29, 0.717) is 17.4 Å². The number of nitrogens with one attached hydrogen (secondary N) is 1. The van der Waals surface area contributed by atoms with Crippen LogP contribution in [0, 0.1) is 5.82 Å². The van der Waals surface area contributed by atoms with Crippen LogP contribution < -0.4 is 10.1 Å². The van der Waals surface area contributed by atoms with Crippen LogP contribution in [0.5, 0.6) is 5.75 Å². The Kier molecular flexibility index (Phi) is 5.39. The van der Waals surface area contributed by atoms with Gasteiger partial charge in [0.05, 0.1) is 5.02 Å². The maximum Gasteiger partial charge on any atom is 0.262 e. The van der Waals surface area contributed by atoms with Crippen LogP contribution in [0.4, 0.5) is 10.1 Å². The fourth-order valence-electron chi connectivity index (χ4n) is 1.88. The van der Waals surface area contributed by atoms with E-state index in [0.717, 1.165) is 5.56 Å². The van der Waals surface area contributed by atoms with Gasteiger partial charge in [0.25, 0.3) is 5.91 Å². The molecule has 1 N–H and O–H groups in total. The van der Waals surface area contributed by atoms with Gasteiger partial charge < -0.3 is 10.1 Å². The largest absolute Gasteiger partial charge is 0.484 e. The number of ether oxygens (including phenoxy) is 1. The third-order valence-corrected chi connectivity index (χ3v) is 3.39. The van der Waals surface area contributed by atoms with Crippen LogP contribution in [0.2, 0.25) is 5.02 Å². The van der Waals surface area contributed by atoms with E-state index in [4.69, 9.17) is 16.3 Å². The number of rotatable bonds is 5. The van der Waals surface area contributed by atoms with Crippen LogP contribution in [0.25, 0.3) is 0 Å². The molecule has 3 nitrogen and oxygen atoms in total. The highest BCUT2D eigenvalue weighted by Crippen LogP contribution is 2.21. The van der Waals surface area contributed by atoms with Crippen molar-refractivity contribution >= 4 is 23.2 Å². The molecule has 2 rings (SSSR count). The van der Waals surface area contributed by atoms with Gasteiger partial charge in [-0.05, 0) is 41.8 Å². The van der Waals surface area contributed by atoms with Crippen molar-refractivity contribution < 1.29 is 13.9 Å². The van der Waals surface area contributed by atoms with Crippen LogP contribution >= 0.6 is 11.6 Å². The van der Waals surface area contributed by atoms with Crippen LogP contribution in [0.15, 0.2) is 42.5 Å². The van der Waals surface area contributed by atoms with Crippen molar-refractivity contribution in [2.24, 2.45) is 0 Å². The first-order valence-electron chi connectivity index (χ1n) is 6.93. The third-order valence-electron chi connectivity index (χ3n) is 3.10.